The van der Waals surface area contributed by atoms with Crippen LogP contribution in [0.4, 0.5) is 0 Å². The topological polar surface area (TPSA) is 86.7 Å². The van der Waals surface area contributed by atoms with Gasteiger partial charge in [0.1, 0.15) is 0 Å². The quantitative estimate of drug-likeness (QED) is 0.764. The molecule has 0 saturated carbocycles. The van der Waals surface area contributed by atoms with Gasteiger partial charge in [-0.1, -0.05) is 19.9 Å². The second-order valence-electron chi connectivity index (χ2n) is 5.88. The Kier molecular flexibility index (Phi) is 6.95. The number of amides is 2. The van der Waals surface area contributed by atoms with E-state index in [-0.39, 0.29) is 18.4 Å². The Morgan fingerprint density at radius 3 is 2.21 bits per heavy atom. The zero-order valence-corrected chi connectivity index (χ0v) is 14.8. The molecule has 1 rings (SSSR count). The van der Waals surface area contributed by atoms with Crippen molar-refractivity contribution in [3.05, 3.63) is 35.4 Å². The normalized spacial score (nSPS) is 11.0. The molecule has 0 bridgehead atoms. The van der Waals surface area contributed by atoms with E-state index in [4.69, 9.17) is 0 Å². The number of nitrogens with one attached hydrogen (secondary N) is 1. The maximum absolute atomic E-state index is 12.3. The van der Waals surface area contributed by atoms with E-state index in [1.54, 1.807) is 44.0 Å². The third-order valence-electron chi connectivity index (χ3n) is 4.59. The first-order valence-corrected chi connectivity index (χ1v) is 8.18. The molecule has 24 heavy (non-hydrogen) atoms. The molecule has 1 aromatic rings. The zero-order valence-electron chi connectivity index (χ0n) is 14.8. The highest BCUT2D eigenvalue weighted by Crippen LogP contribution is 2.25. The molecule has 6 heteroatoms. The molecule has 0 spiro atoms. The van der Waals surface area contributed by atoms with Crippen molar-refractivity contribution in [1.82, 2.24) is 10.2 Å². The number of carbonyl (C=O) groups is 3. The largest absolute Gasteiger partial charge is 0.481 e. The highest BCUT2D eigenvalue weighted by Gasteiger charge is 2.35. The minimum Gasteiger partial charge on any atom is -0.481 e. The zero-order chi connectivity index (χ0) is 18.3. The van der Waals surface area contributed by atoms with Crippen molar-refractivity contribution in [3.63, 3.8) is 0 Å². The SMILES string of the molecule is CCN(C)C(=O)c1cccc(C(=O)NCC(CC)(CC)C(=O)O)c1. The van der Waals surface area contributed by atoms with Crippen LogP contribution in [-0.4, -0.2) is 47.9 Å². The Hall–Kier alpha value is -2.37. The Balaban J connectivity index is 2.89. The van der Waals surface area contributed by atoms with Crippen molar-refractivity contribution in [1.29, 1.82) is 0 Å². The van der Waals surface area contributed by atoms with Crippen LogP contribution in [-0.2, 0) is 4.79 Å². The summed E-state index contributed by atoms with van der Waals surface area (Å²) in [5, 5.41) is 12.1. The molecule has 0 fully saturated rings. The van der Waals surface area contributed by atoms with E-state index < -0.39 is 11.4 Å². The van der Waals surface area contributed by atoms with Gasteiger partial charge in [-0.25, -0.2) is 0 Å². The second-order valence-corrected chi connectivity index (χ2v) is 5.88. The van der Waals surface area contributed by atoms with Crippen molar-refractivity contribution in [2.75, 3.05) is 20.1 Å². The number of hydrogen-bond donors (Lipinski definition) is 2. The molecule has 0 aromatic heterocycles. The Morgan fingerprint density at radius 1 is 1.12 bits per heavy atom. The first-order valence-electron chi connectivity index (χ1n) is 8.18. The van der Waals surface area contributed by atoms with Crippen LogP contribution >= 0.6 is 0 Å². The summed E-state index contributed by atoms with van der Waals surface area (Å²) in [4.78, 5) is 37.5. The average Bonchev–Trinajstić information content (AvgIpc) is 2.61. The van der Waals surface area contributed by atoms with Crippen LogP contribution in [0.5, 0.6) is 0 Å². The molecule has 0 radical (unpaired) electrons. The third-order valence-corrected chi connectivity index (χ3v) is 4.59. The van der Waals surface area contributed by atoms with Crippen molar-refractivity contribution in [2.45, 2.75) is 33.6 Å². The van der Waals surface area contributed by atoms with Gasteiger partial charge in [-0.05, 0) is 38.0 Å². The van der Waals surface area contributed by atoms with E-state index in [1.165, 1.54) is 6.07 Å². The van der Waals surface area contributed by atoms with Crippen molar-refractivity contribution >= 4 is 17.8 Å². The first-order chi connectivity index (χ1) is 11.3. The lowest BCUT2D eigenvalue weighted by atomic mass is 9.82. The highest BCUT2D eigenvalue weighted by molar-refractivity contribution is 5.99. The molecule has 2 N–H and O–H groups in total. The lowest BCUT2D eigenvalue weighted by molar-refractivity contribution is -0.149. The molecule has 0 saturated heterocycles. The summed E-state index contributed by atoms with van der Waals surface area (Å²) in [5.41, 5.74) is -0.190. The molecular formula is C18H26N2O4. The summed E-state index contributed by atoms with van der Waals surface area (Å²) in [6, 6.07) is 6.45. The van der Waals surface area contributed by atoms with Gasteiger partial charge in [0.25, 0.3) is 11.8 Å². The Morgan fingerprint density at radius 2 is 1.71 bits per heavy atom. The summed E-state index contributed by atoms with van der Waals surface area (Å²) >= 11 is 0. The number of carboxylic acids is 1. The highest BCUT2D eigenvalue weighted by atomic mass is 16.4. The fourth-order valence-corrected chi connectivity index (χ4v) is 2.39. The summed E-state index contributed by atoms with van der Waals surface area (Å²) in [7, 11) is 1.69. The van der Waals surface area contributed by atoms with Crippen LogP contribution in [0.15, 0.2) is 24.3 Å². The van der Waals surface area contributed by atoms with Crippen LogP contribution in [0.1, 0.15) is 54.3 Å². The van der Waals surface area contributed by atoms with E-state index in [1.807, 2.05) is 6.92 Å². The number of benzene rings is 1. The maximum Gasteiger partial charge on any atom is 0.311 e. The molecule has 0 unspecified atom stereocenters. The van der Waals surface area contributed by atoms with Gasteiger partial charge in [0, 0.05) is 31.3 Å². The van der Waals surface area contributed by atoms with Crippen LogP contribution in [0, 0.1) is 5.41 Å². The predicted molar refractivity (Wildman–Crippen MR) is 92.1 cm³/mol. The van der Waals surface area contributed by atoms with Gasteiger partial charge in [-0.15, -0.1) is 0 Å². The summed E-state index contributed by atoms with van der Waals surface area (Å²) < 4.78 is 0. The Labute approximate surface area is 142 Å². The van der Waals surface area contributed by atoms with E-state index in [0.29, 0.717) is 30.5 Å². The molecule has 0 aliphatic carbocycles. The van der Waals surface area contributed by atoms with E-state index in [0.717, 1.165) is 0 Å². The molecule has 0 aliphatic heterocycles. The van der Waals surface area contributed by atoms with Gasteiger partial charge in [0.2, 0.25) is 0 Å². The minimum absolute atomic E-state index is 0.0567. The van der Waals surface area contributed by atoms with E-state index in [9.17, 15) is 19.5 Å². The fraction of sp³-hybridized carbons (Fsp3) is 0.500. The van der Waals surface area contributed by atoms with Gasteiger partial charge in [-0.2, -0.15) is 0 Å². The van der Waals surface area contributed by atoms with E-state index in [2.05, 4.69) is 5.32 Å². The molecule has 6 nitrogen and oxygen atoms in total. The van der Waals surface area contributed by atoms with Gasteiger partial charge in [0.05, 0.1) is 5.41 Å². The molecule has 132 valence electrons. The first kappa shape index (κ1) is 19.7. The Bertz CT molecular complexity index is 609. The minimum atomic E-state index is -0.967. The van der Waals surface area contributed by atoms with Gasteiger partial charge >= 0.3 is 5.97 Å². The van der Waals surface area contributed by atoms with Crippen molar-refractivity contribution in [2.24, 2.45) is 5.41 Å². The van der Waals surface area contributed by atoms with Gasteiger partial charge in [-0.3, -0.25) is 14.4 Å². The molecule has 2 amide bonds. The van der Waals surface area contributed by atoms with Crippen LogP contribution in [0.2, 0.25) is 0 Å². The molecule has 0 atom stereocenters. The predicted octanol–water partition coefficient (Wildman–Crippen LogP) is 2.40. The second kappa shape index (κ2) is 8.47. The maximum atomic E-state index is 12.3. The van der Waals surface area contributed by atoms with Crippen molar-refractivity contribution in [3.8, 4) is 0 Å². The molecular weight excluding hydrogens is 308 g/mol. The third kappa shape index (κ3) is 4.34. The van der Waals surface area contributed by atoms with Crippen LogP contribution < -0.4 is 5.32 Å². The number of rotatable bonds is 8. The number of hydrogen-bond acceptors (Lipinski definition) is 3. The lowest BCUT2D eigenvalue weighted by Crippen LogP contribution is -2.42. The summed E-state index contributed by atoms with van der Waals surface area (Å²) in [6.45, 7) is 6.09. The number of nitrogens with zero attached hydrogens (tertiary/aromatic N) is 1. The molecule has 0 heterocycles. The molecule has 1 aromatic carbocycles. The summed E-state index contributed by atoms with van der Waals surface area (Å²) in [5.74, 6) is -1.45. The number of carboxylic acid groups (broad SMARTS) is 1. The van der Waals surface area contributed by atoms with Gasteiger partial charge in [0.15, 0.2) is 0 Å². The smallest absolute Gasteiger partial charge is 0.311 e. The monoisotopic (exact) mass is 334 g/mol. The van der Waals surface area contributed by atoms with Crippen LogP contribution in [0.3, 0.4) is 0 Å². The van der Waals surface area contributed by atoms with E-state index >= 15 is 0 Å². The molecule has 0 aliphatic rings. The summed E-state index contributed by atoms with van der Waals surface area (Å²) in [6.07, 6.45) is 0.859. The fourth-order valence-electron chi connectivity index (χ4n) is 2.39. The number of carbonyl (C=O) groups excluding carboxylic acids is 2. The number of aliphatic carboxylic acids is 1. The van der Waals surface area contributed by atoms with Gasteiger partial charge < -0.3 is 15.3 Å². The lowest BCUT2D eigenvalue weighted by Gasteiger charge is -2.26. The van der Waals surface area contributed by atoms with Crippen molar-refractivity contribution < 1.29 is 19.5 Å². The van der Waals surface area contributed by atoms with Crippen LogP contribution in [0.25, 0.3) is 0 Å². The standard InChI is InChI=1S/C18H26N2O4/c1-5-18(6-2,17(23)24)12-19-15(21)13-9-8-10-14(11-13)16(22)20(4)7-3/h8-11H,5-7,12H2,1-4H3,(H,19,21)(H,23,24). The average molecular weight is 334 g/mol.